The molecule has 0 unspecified atom stereocenters. The first-order valence-corrected chi connectivity index (χ1v) is 7.35. The van der Waals surface area contributed by atoms with Crippen molar-refractivity contribution in [3.05, 3.63) is 36.8 Å². The van der Waals surface area contributed by atoms with Gasteiger partial charge in [0.15, 0.2) is 5.82 Å². The number of methoxy groups -OCH3 is 1. The van der Waals surface area contributed by atoms with E-state index in [1.54, 1.807) is 32.0 Å². The third-order valence-electron chi connectivity index (χ3n) is 3.87. The van der Waals surface area contributed by atoms with E-state index in [4.69, 9.17) is 4.74 Å². The van der Waals surface area contributed by atoms with Gasteiger partial charge in [-0.05, 0) is 12.8 Å². The summed E-state index contributed by atoms with van der Waals surface area (Å²) in [5.41, 5.74) is 0.918. The van der Waals surface area contributed by atoms with Crippen molar-refractivity contribution in [1.82, 2.24) is 24.4 Å². The molecule has 3 heterocycles. The minimum atomic E-state index is 0.0333. The predicted molar refractivity (Wildman–Crippen MR) is 79.6 cm³/mol. The molecular formula is C15H19N5O2. The zero-order valence-electron chi connectivity index (χ0n) is 12.6. The molecule has 1 atom stereocenters. The lowest BCUT2D eigenvalue weighted by atomic mass is 9.95. The van der Waals surface area contributed by atoms with E-state index < -0.39 is 0 Å². The summed E-state index contributed by atoms with van der Waals surface area (Å²) in [7, 11) is 1.54. The number of rotatable bonds is 4. The topological polar surface area (TPSA) is 73.1 Å². The second-order valence-corrected chi connectivity index (χ2v) is 5.38. The van der Waals surface area contributed by atoms with Crippen LogP contribution in [0.3, 0.4) is 0 Å². The number of aromatic nitrogens is 4. The highest BCUT2D eigenvalue weighted by Gasteiger charge is 2.25. The molecule has 0 aromatic carbocycles. The van der Waals surface area contributed by atoms with Crippen molar-refractivity contribution in [2.45, 2.75) is 18.8 Å². The van der Waals surface area contributed by atoms with Crippen molar-refractivity contribution in [3.63, 3.8) is 0 Å². The Morgan fingerprint density at radius 2 is 2.32 bits per heavy atom. The number of piperidine rings is 1. The molecule has 0 bridgehead atoms. The fraction of sp³-hybridized carbons (Fsp3) is 0.467. The van der Waals surface area contributed by atoms with Crippen molar-refractivity contribution in [1.29, 1.82) is 0 Å². The monoisotopic (exact) mass is 301 g/mol. The van der Waals surface area contributed by atoms with Gasteiger partial charge in [-0.2, -0.15) is 0 Å². The molecule has 0 radical (unpaired) electrons. The first-order chi connectivity index (χ1) is 10.8. The van der Waals surface area contributed by atoms with Gasteiger partial charge in [0.2, 0.25) is 5.91 Å². The molecule has 7 nitrogen and oxygen atoms in total. The third kappa shape index (κ3) is 3.14. The van der Waals surface area contributed by atoms with Crippen LogP contribution < -0.4 is 0 Å². The lowest BCUT2D eigenvalue weighted by molar-refractivity contribution is -0.136. The van der Waals surface area contributed by atoms with Crippen molar-refractivity contribution in [2.24, 2.45) is 0 Å². The number of ether oxygens (including phenoxy) is 1. The molecule has 2 aromatic heterocycles. The van der Waals surface area contributed by atoms with Gasteiger partial charge in [-0.15, -0.1) is 0 Å². The summed E-state index contributed by atoms with van der Waals surface area (Å²) >= 11 is 0. The van der Waals surface area contributed by atoms with Crippen molar-refractivity contribution >= 4 is 5.91 Å². The molecule has 0 aliphatic carbocycles. The second-order valence-electron chi connectivity index (χ2n) is 5.38. The molecule has 1 aliphatic rings. The largest absolute Gasteiger partial charge is 0.375 e. The number of imidazole rings is 1. The third-order valence-corrected chi connectivity index (χ3v) is 3.87. The minimum absolute atomic E-state index is 0.0333. The maximum absolute atomic E-state index is 12.0. The molecule has 1 fully saturated rings. The van der Waals surface area contributed by atoms with E-state index in [1.165, 1.54) is 0 Å². The summed E-state index contributed by atoms with van der Waals surface area (Å²) < 4.78 is 6.76. The van der Waals surface area contributed by atoms with E-state index in [1.807, 2.05) is 15.7 Å². The van der Waals surface area contributed by atoms with Crippen LogP contribution in [0.4, 0.5) is 0 Å². The van der Waals surface area contributed by atoms with Gasteiger partial charge in [0.1, 0.15) is 12.9 Å². The number of likely N-dealkylation sites (tertiary alicyclic amines) is 1. The summed E-state index contributed by atoms with van der Waals surface area (Å²) in [4.78, 5) is 26.8. The van der Waals surface area contributed by atoms with Gasteiger partial charge in [-0.1, -0.05) is 0 Å². The van der Waals surface area contributed by atoms with E-state index in [0.29, 0.717) is 6.54 Å². The van der Waals surface area contributed by atoms with Crippen LogP contribution >= 0.6 is 0 Å². The zero-order valence-corrected chi connectivity index (χ0v) is 12.6. The first-order valence-electron chi connectivity index (χ1n) is 7.35. The maximum atomic E-state index is 12.0. The lowest BCUT2D eigenvalue weighted by Gasteiger charge is -2.32. The first kappa shape index (κ1) is 14.6. The van der Waals surface area contributed by atoms with Gasteiger partial charge >= 0.3 is 0 Å². The summed E-state index contributed by atoms with van der Waals surface area (Å²) in [5, 5.41) is 0. The Kier molecular flexibility index (Phi) is 4.43. The Balaban J connectivity index is 1.76. The van der Waals surface area contributed by atoms with E-state index in [9.17, 15) is 4.79 Å². The fourth-order valence-electron chi connectivity index (χ4n) is 2.75. The highest BCUT2D eigenvalue weighted by Crippen LogP contribution is 2.25. The Hall–Kier alpha value is -2.28. The van der Waals surface area contributed by atoms with Crippen LogP contribution in [0.1, 0.15) is 24.5 Å². The number of amides is 1. The Bertz CT molecular complexity index is 629. The molecule has 22 heavy (non-hydrogen) atoms. The number of carbonyl (C=O) groups excluding carboxylic acids is 1. The van der Waals surface area contributed by atoms with Crippen LogP contribution in [0.15, 0.2) is 31.1 Å². The van der Waals surface area contributed by atoms with Gasteiger partial charge in [0.25, 0.3) is 0 Å². The summed E-state index contributed by atoms with van der Waals surface area (Å²) in [5.74, 6) is 0.992. The van der Waals surface area contributed by atoms with E-state index in [-0.39, 0.29) is 18.4 Å². The molecule has 3 rings (SSSR count). The minimum Gasteiger partial charge on any atom is -0.375 e. The normalized spacial score (nSPS) is 18.4. The van der Waals surface area contributed by atoms with Gasteiger partial charge in [0.05, 0.1) is 11.9 Å². The Labute approximate surface area is 129 Å². The maximum Gasteiger partial charge on any atom is 0.248 e. The molecule has 2 aromatic rings. The lowest BCUT2D eigenvalue weighted by Crippen LogP contribution is -2.41. The van der Waals surface area contributed by atoms with Crippen LogP contribution in [0.25, 0.3) is 5.82 Å². The molecule has 0 saturated carbocycles. The fourth-order valence-corrected chi connectivity index (χ4v) is 2.75. The highest BCUT2D eigenvalue weighted by atomic mass is 16.5. The molecule has 0 N–H and O–H groups in total. The summed E-state index contributed by atoms with van der Waals surface area (Å²) in [6.45, 7) is 1.59. The number of carbonyl (C=O) groups is 1. The van der Waals surface area contributed by atoms with E-state index in [2.05, 4.69) is 15.0 Å². The quantitative estimate of drug-likeness (QED) is 0.843. The van der Waals surface area contributed by atoms with Crippen molar-refractivity contribution in [2.75, 3.05) is 26.8 Å². The van der Waals surface area contributed by atoms with Gasteiger partial charge < -0.3 is 9.64 Å². The van der Waals surface area contributed by atoms with Gasteiger partial charge in [-0.3, -0.25) is 14.3 Å². The number of nitrogens with zero attached hydrogens (tertiary/aromatic N) is 5. The number of hydrogen-bond acceptors (Lipinski definition) is 5. The second kappa shape index (κ2) is 6.65. The van der Waals surface area contributed by atoms with E-state index >= 15 is 0 Å². The average molecular weight is 301 g/mol. The van der Waals surface area contributed by atoms with Crippen molar-refractivity contribution < 1.29 is 9.53 Å². The Morgan fingerprint density at radius 3 is 3.09 bits per heavy atom. The van der Waals surface area contributed by atoms with Crippen LogP contribution in [0.5, 0.6) is 0 Å². The Morgan fingerprint density at radius 1 is 1.41 bits per heavy atom. The number of hydrogen-bond donors (Lipinski definition) is 0. The molecule has 1 aliphatic heterocycles. The van der Waals surface area contributed by atoms with Crippen molar-refractivity contribution in [3.8, 4) is 5.82 Å². The summed E-state index contributed by atoms with van der Waals surface area (Å²) in [6.07, 6.45) is 10.7. The molecule has 0 spiro atoms. The molecular weight excluding hydrogens is 282 g/mol. The average Bonchev–Trinajstić information content (AvgIpc) is 3.10. The molecule has 116 valence electrons. The van der Waals surface area contributed by atoms with Gasteiger partial charge in [-0.25, -0.2) is 9.97 Å². The smallest absolute Gasteiger partial charge is 0.248 e. The van der Waals surface area contributed by atoms with Crippen LogP contribution in [0.2, 0.25) is 0 Å². The highest BCUT2D eigenvalue weighted by molar-refractivity contribution is 5.77. The zero-order chi connectivity index (χ0) is 15.4. The standard InChI is InChI=1S/C15H19N5O2/c1-22-10-15(21)19-5-2-3-12(9-19)13-7-17-8-14(18-13)20-6-4-16-11-20/h4,6-8,11-12H,2-3,5,9-10H2,1H3/t12-/m0/s1. The van der Waals surface area contributed by atoms with Crippen LogP contribution in [0, 0.1) is 0 Å². The van der Waals surface area contributed by atoms with E-state index in [0.717, 1.165) is 30.9 Å². The van der Waals surface area contributed by atoms with Crippen LogP contribution in [-0.2, 0) is 9.53 Å². The predicted octanol–water partition coefficient (Wildman–Crippen LogP) is 1.01. The molecule has 1 amide bonds. The molecule has 7 heteroatoms. The summed E-state index contributed by atoms with van der Waals surface area (Å²) in [6, 6.07) is 0. The SMILES string of the molecule is COCC(=O)N1CCC[C@H](c2cncc(-n3ccnc3)n2)C1. The molecule has 1 saturated heterocycles. The van der Waals surface area contributed by atoms with Crippen LogP contribution in [-0.4, -0.2) is 57.1 Å². The van der Waals surface area contributed by atoms with Gasteiger partial charge in [0, 0.05) is 44.7 Å².